The van der Waals surface area contributed by atoms with Crippen LogP contribution in [-0.2, 0) is 0 Å². The Bertz CT molecular complexity index is 193. The van der Waals surface area contributed by atoms with E-state index < -0.39 is 0 Å². The van der Waals surface area contributed by atoms with Gasteiger partial charge in [0.05, 0.1) is 0 Å². The van der Waals surface area contributed by atoms with Crippen molar-refractivity contribution in [3.8, 4) is 0 Å². The van der Waals surface area contributed by atoms with Crippen molar-refractivity contribution in [2.45, 2.75) is 45.1 Å². The maximum Gasteiger partial charge on any atom is 0.0136 e. The van der Waals surface area contributed by atoms with Crippen LogP contribution < -0.4 is 5.32 Å². The van der Waals surface area contributed by atoms with Crippen LogP contribution in [0.4, 0.5) is 0 Å². The molecule has 1 aliphatic heterocycles. The molecular weight excluding hydrogens is 184 g/mol. The van der Waals surface area contributed by atoms with Crippen LogP contribution in [0.2, 0.25) is 0 Å². The van der Waals surface area contributed by atoms with E-state index in [1.165, 1.54) is 51.7 Å². The monoisotopic (exact) mass is 210 g/mol. The third kappa shape index (κ3) is 2.73. The molecule has 1 saturated heterocycles. The molecule has 0 bridgehead atoms. The second-order valence-electron chi connectivity index (χ2n) is 5.56. The van der Waals surface area contributed by atoms with E-state index in [1.54, 1.807) is 0 Å². The number of nitrogens with zero attached hydrogens (tertiary/aromatic N) is 1. The lowest BCUT2D eigenvalue weighted by molar-refractivity contribution is 0.105. The van der Waals surface area contributed by atoms with Gasteiger partial charge in [-0.2, -0.15) is 0 Å². The van der Waals surface area contributed by atoms with Gasteiger partial charge in [0.1, 0.15) is 0 Å². The lowest BCUT2D eigenvalue weighted by atomic mass is 9.95. The zero-order valence-electron chi connectivity index (χ0n) is 10.3. The first-order valence-electron chi connectivity index (χ1n) is 6.70. The first-order chi connectivity index (χ1) is 7.31. The van der Waals surface area contributed by atoms with Crippen LogP contribution in [0.3, 0.4) is 0 Å². The van der Waals surface area contributed by atoms with Crippen molar-refractivity contribution in [2.24, 2.45) is 11.8 Å². The fourth-order valence-corrected chi connectivity index (χ4v) is 3.53. The van der Waals surface area contributed by atoms with E-state index in [4.69, 9.17) is 0 Å². The van der Waals surface area contributed by atoms with Gasteiger partial charge in [-0.05, 0) is 57.7 Å². The van der Waals surface area contributed by atoms with Gasteiger partial charge in [0.15, 0.2) is 0 Å². The highest BCUT2D eigenvalue weighted by atomic mass is 15.2. The molecule has 0 amide bonds. The fourth-order valence-electron chi connectivity index (χ4n) is 3.53. The SMILES string of the molecule is CNCC1CCCC1N1CCCC(C)C1. The minimum Gasteiger partial charge on any atom is -0.319 e. The predicted octanol–water partition coefficient (Wildman–Crippen LogP) is 2.11. The minimum absolute atomic E-state index is 0.889. The molecule has 1 aliphatic carbocycles. The Morgan fingerprint density at radius 2 is 2.07 bits per heavy atom. The molecule has 2 fully saturated rings. The molecular formula is C13H26N2. The molecule has 0 aromatic rings. The lowest BCUT2D eigenvalue weighted by Gasteiger charge is -2.38. The number of rotatable bonds is 3. The van der Waals surface area contributed by atoms with E-state index in [-0.39, 0.29) is 0 Å². The summed E-state index contributed by atoms with van der Waals surface area (Å²) in [5.74, 6) is 1.84. The summed E-state index contributed by atoms with van der Waals surface area (Å²) < 4.78 is 0. The Labute approximate surface area is 94.4 Å². The zero-order valence-corrected chi connectivity index (χ0v) is 10.3. The summed E-state index contributed by atoms with van der Waals surface area (Å²) in [6.07, 6.45) is 7.20. The fraction of sp³-hybridized carbons (Fsp3) is 1.00. The van der Waals surface area contributed by atoms with Gasteiger partial charge in [-0.25, -0.2) is 0 Å². The van der Waals surface area contributed by atoms with E-state index in [1.807, 2.05) is 0 Å². The number of likely N-dealkylation sites (tertiary alicyclic amines) is 1. The second-order valence-corrected chi connectivity index (χ2v) is 5.56. The molecule has 2 heteroatoms. The van der Waals surface area contributed by atoms with Crippen molar-refractivity contribution in [2.75, 3.05) is 26.7 Å². The van der Waals surface area contributed by atoms with Gasteiger partial charge >= 0.3 is 0 Å². The molecule has 88 valence electrons. The van der Waals surface area contributed by atoms with E-state index in [0.717, 1.165) is 17.9 Å². The quantitative estimate of drug-likeness (QED) is 0.767. The first kappa shape index (κ1) is 11.4. The predicted molar refractivity (Wildman–Crippen MR) is 65.0 cm³/mol. The summed E-state index contributed by atoms with van der Waals surface area (Å²) in [7, 11) is 2.09. The zero-order chi connectivity index (χ0) is 10.7. The summed E-state index contributed by atoms with van der Waals surface area (Å²) in [4.78, 5) is 2.78. The Balaban J connectivity index is 1.90. The molecule has 2 nitrogen and oxygen atoms in total. The van der Waals surface area contributed by atoms with E-state index in [9.17, 15) is 0 Å². The van der Waals surface area contributed by atoms with Crippen LogP contribution in [0.15, 0.2) is 0 Å². The Morgan fingerprint density at radius 3 is 2.80 bits per heavy atom. The highest BCUT2D eigenvalue weighted by Gasteiger charge is 2.33. The molecule has 0 aromatic carbocycles. The molecule has 1 saturated carbocycles. The average molecular weight is 210 g/mol. The van der Waals surface area contributed by atoms with Crippen LogP contribution in [-0.4, -0.2) is 37.6 Å². The Hall–Kier alpha value is -0.0800. The maximum absolute atomic E-state index is 3.36. The van der Waals surface area contributed by atoms with Crippen LogP contribution in [0, 0.1) is 11.8 Å². The normalized spacial score (nSPS) is 38.4. The summed E-state index contributed by atoms with van der Waals surface area (Å²) in [5, 5.41) is 3.36. The molecule has 0 radical (unpaired) electrons. The standard InChI is InChI=1S/C13H26N2/c1-11-5-4-8-15(10-11)13-7-3-6-12(13)9-14-2/h11-14H,3-10H2,1-2H3. The maximum atomic E-state index is 3.36. The van der Waals surface area contributed by atoms with Crippen molar-refractivity contribution < 1.29 is 0 Å². The molecule has 1 N–H and O–H groups in total. The van der Waals surface area contributed by atoms with Crippen molar-refractivity contribution >= 4 is 0 Å². The van der Waals surface area contributed by atoms with Crippen molar-refractivity contribution in [3.63, 3.8) is 0 Å². The highest BCUT2D eigenvalue weighted by molar-refractivity contribution is 4.88. The molecule has 0 spiro atoms. The first-order valence-corrected chi connectivity index (χ1v) is 6.70. The van der Waals surface area contributed by atoms with Crippen molar-refractivity contribution in [1.29, 1.82) is 0 Å². The molecule has 0 aromatic heterocycles. The van der Waals surface area contributed by atoms with Gasteiger partial charge in [-0.1, -0.05) is 13.3 Å². The Morgan fingerprint density at radius 1 is 1.20 bits per heavy atom. The minimum atomic E-state index is 0.889. The van der Waals surface area contributed by atoms with E-state index in [0.29, 0.717) is 0 Å². The molecule has 3 unspecified atom stereocenters. The van der Waals surface area contributed by atoms with E-state index in [2.05, 4.69) is 24.2 Å². The number of nitrogens with one attached hydrogen (secondary N) is 1. The second kappa shape index (κ2) is 5.31. The third-order valence-electron chi connectivity index (χ3n) is 4.24. The molecule has 2 rings (SSSR count). The average Bonchev–Trinajstić information content (AvgIpc) is 2.66. The number of hydrogen-bond donors (Lipinski definition) is 1. The van der Waals surface area contributed by atoms with Gasteiger partial charge in [0, 0.05) is 12.6 Å². The number of hydrogen-bond acceptors (Lipinski definition) is 2. The third-order valence-corrected chi connectivity index (χ3v) is 4.24. The van der Waals surface area contributed by atoms with Gasteiger partial charge in [0.2, 0.25) is 0 Å². The molecule has 1 heterocycles. The number of piperidine rings is 1. The smallest absolute Gasteiger partial charge is 0.0136 e. The Kier molecular flexibility index (Phi) is 4.04. The van der Waals surface area contributed by atoms with Gasteiger partial charge in [-0.3, -0.25) is 4.90 Å². The molecule has 3 atom stereocenters. The lowest BCUT2D eigenvalue weighted by Crippen LogP contribution is -2.45. The van der Waals surface area contributed by atoms with E-state index >= 15 is 0 Å². The van der Waals surface area contributed by atoms with Crippen LogP contribution in [0.25, 0.3) is 0 Å². The van der Waals surface area contributed by atoms with Crippen LogP contribution >= 0.6 is 0 Å². The summed E-state index contributed by atoms with van der Waals surface area (Å²) in [6.45, 7) is 6.34. The summed E-state index contributed by atoms with van der Waals surface area (Å²) in [5.41, 5.74) is 0. The topological polar surface area (TPSA) is 15.3 Å². The van der Waals surface area contributed by atoms with Crippen molar-refractivity contribution in [1.82, 2.24) is 10.2 Å². The van der Waals surface area contributed by atoms with Gasteiger partial charge in [0.25, 0.3) is 0 Å². The van der Waals surface area contributed by atoms with Gasteiger partial charge < -0.3 is 5.32 Å². The molecule has 15 heavy (non-hydrogen) atoms. The van der Waals surface area contributed by atoms with Gasteiger partial charge in [-0.15, -0.1) is 0 Å². The van der Waals surface area contributed by atoms with Crippen LogP contribution in [0.5, 0.6) is 0 Å². The largest absolute Gasteiger partial charge is 0.319 e. The summed E-state index contributed by atoms with van der Waals surface area (Å²) in [6, 6.07) is 0.889. The molecule has 2 aliphatic rings. The highest BCUT2D eigenvalue weighted by Crippen LogP contribution is 2.32. The van der Waals surface area contributed by atoms with Crippen LogP contribution in [0.1, 0.15) is 39.0 Å². The summed E-state index contributed by atoms with van der Waals surface area (Å²) >= 11 is 0. The van der Waals surface area contributed by atoms with Crippen molar-refractivity contribution in [3.05, 3.63) is 0 Å².